The van der Waals surface area contributed by atoms with Crippen molar-refractivity contribution in [2.24, 2.45) is 11.5 Å². The average Bonchev–Trinajstić information content (AvgIpc) is 3.03. The Morgan fingerprint density at radius 1 is 0.885 bits per heavy atom. The van der Waals surface area contributed by atoms with Crippen molar-refractivity contribution in [3.63, 3.8) is 0 Å². The van der Waals surface area contributed by atoms with E-state index in [1.165, 1.54) is 6.20 Å². The van der Waals surface area contributed by atoms with Gasteiger partial charge in [-0.15, -0.1) is 0 Å². The van der Waals surface area contributed by atoms with Crippen LogP contribution < -0.4 is 31.6 Å². The topological polar surface area (TPSA) is 253 Å². The van der Waals surface area contributed by atoms with Gasteiger partial charge < -0.3 is 46.9 Å². The van der Waals surface area contributed by atoms with E-state index >= 15 is 0 Å². The minimum absolute atomic E-state index is 0.150. The maximum absolute atomic E-state index is 12.4. The van der Waals surface area contributed by atoms with E-state index in [1.807, 2.05) is 39.0 Å². The van der Waals surface area contributed by atoms with Crippen LogP contribution in [0.15, 0.2) is 36.5 Å². The van der Waals surface area contributed by atoms with Crippen molar-refractivity contribution in [3.8, 4) is 11.5 Å². The molecule has 1 atom stereocenters. The number of aromatic nitrogens is 1. The van der Waals surface area contributed by atoms with Gasteiger partial charge in [0.1, 0.15) is 0 Å². The summed E-state index contributed by atoms with van der Waals surface area (Å²) < 4.78 is 75.0. The summed E-state index contributed by atoms with van der Waals surface area (Å²) in [6, 6.07) is 7.90. The van der Waals surface area contributed by atoms with Crippen molar-refractivity contribution >= 4 is 52.0 Å². The minimum atomic E-state index is -5.08. The van der Waals surface area contributed by atoms with E-state index in [0.29, 0.717) is 53.4 Å². The number of ether oxygens (including phenoxy) is 2. The van der Waals surface area contributed by atoms with E-state index in [0.717, 1.165) is 11.1 Å². The second-order valence-corrected chi connectivity index (χ2v) is 10.0. The molecular formula is C31H35F6N5O10. The maximum atomic E-state index is 12.4. The molecule has 0 saturated heterocycles. The first-order valence-electron chi connectivity index (χ1n) is 14.8. The highest BCUT2D eigenvalue weighted by Gasteiger charge is 2.39. The number of benzene rings is 2. The lowest BCUT2D eigenvalue weighted by Crippen LogP contribution is -2.41. The van der Waals surface area contributed by atoms with E-state index in [1.54, 1.807) is 12.1 Å². The number of aliphatic carboxylic acids is 3. The van der Waals surface area contributed by atoms with Gasteiger partial charge in [0, 0.05) is 29.9 Å². The number of nitrogens with two attached hydrogens (primary N) is 2. The standard InChI is InChI=1S/C27H33N5O6.2C2HF3O2/c1-4-16-15(13-31-27(36)19(28)11-24(33)34)8-7-9-20(16)32-25-17-10-22(37-5-2)23(38-6-3)12-21(17)30-14-18(25)26(29)35;2*3-2(4,5)1(6)7/h7-10,12,14,19H,4-6,11,13,28H2,1-3H3,(H2,29,35)(H,30,32)(H,31,36)(H,33,34);2*(H,6,7)/t19-;;/m0../s1. The number of halogens is 6. The average molecular weight is 752 g/mol. The van der Waals surface area contributed by atoms with Crippen LogP contribution in [0.5, 0.6) is 11.5 Å². The first-order valence-corrected chi connectivity index (χ1v) is 14.8. The third-order valence-electron chi connectivity index (χ3n) is 6.35. The molecule has 15 nitrogen and oxygen atoms in total. The first kappa shape index (κ1) is 44.2. The molecule has 0 spiro atoms. The van der Waals surface area contributed by atoms with Crippen molar-refractivity contribution in [3.05, 3.63) is 53.2 Å². The number of primary amides is 1. The molecule has 3 rings (SSSR count). The highest BCUT2D eigenvalue weighted by atomic mass is 19.4. The summed E-state index contributed by atoms with van der Waals surface area (Å²) in [6.45, 7) is 6.71. The number of rotatable bonds is 13. The number of nitrogens with one attached hydrogen (secondary N) is 2. The molecule has 0 aliphatic heterocycles. The molecule has 0 unspecified atom stereocenters. The molecule has 0 fully saturated rings. The van der Waals surface area contributed by atoms with Crippen LogP contribution in [0.2, 0.25) is 0 Å². The van der Waals surface area contributed by atoms with Crippen LogP contribution in [-0.4, -0.2) is 81.6 Å². The number of hydrogen-bond acceptors (Lipinski definition) is 10. The summed E-state index contributed by atoms with van der Waals surface area (Å²) in [5, 5.41) is 29.8. The van der Waals surface area contributed by atoms with Crippen molar-refractivity contribution in [1.82, 2.24) is 10.3 Å². The number of pyridine rings is 1. The fourth-order valence-corrected chi connectivity index (χ4v) is 4.12. The van der Waals surface area contributed by atoms with Crippen molar-refractivity contribution < 1.29 is 75.1 Å². The number of carboxylic acid groups (broad SMARTS) is 3. The largest absolute Gasteiger partial charge is 0.490 e. The van der Waals surface area contributed by atoms with Crippen LogP contribution in [-0.2, 0) is 32.1 Å². The Morgan fingerprint density at radius 3 is 1.85 bits per heavy atom. The molecule has 21 heteroatoms. The van der Waals surface area contributed by atoms with Crippen LogP contribution in [0, 0.1) is 0 Å². The van der Waals surface area contributed by atoms with Gasteiger partial charge in [-0.25, -0.2) is 9.59 Å². The Balaban J connectivity index is 0.000000812. The number of anilines is 2. The van der Waals surface area contributed by atoms with Gasteiger partial charge in [0.05, 0.1) is 42.4 Å². The highest BCUT2D eigenvalue weighted by Crippen LogP contribution is 2.38. The SMILES string of the molecule is CCOc1cc2ncc(C(N)=O)c(Nc3cccc(CNC(=O)[C@@H](N)CC(=O)O)c3CC)c2cc1OCC.O=C(O)C(F)(F)F.O=C(O)C(F)(F)F. The summed E-state index contributed by atoms with van der Waals surface area (Å²) >= 11 is 0. The first-order chi connectivity index (χ1) is 24.1. The Bertz CT molecular complexity index is 1730. The fraction of sp³-hybridized carbons (Fsp3) is 0.355. The summed E-state index contributed by atoms with van der Waals surface area (Å²) in [5.41, 5.74) is 15.0. The van der Waals surface area contributed by atoms with Gasteiger partial charge in [0.15, 0.2) is 11.5 Å². The second kappa shape index (κ2) is 19.5. The van der Waals surface area contributed by atoms with Gasteiger partial charge >= 0.3 is 30.3 Å². The van der Waals surface area contributed by atoms with Crippen LogP contribution in [0.3, 0.4) is 0 Å². The Kier molecular flexibility index (Phi) is 16.6. The zero-order valence-corrected chi connectivity index (χ0v) is 27.6. The van der Waals surface area contributed by atoms with Crippen LogP contribution in [0.4, 0.5) is 37.7 Å². The van der Waals surface area contributed by atoms with Gasteiger partial charge in [-0.05, 0) is 43.5 Å². The lowest BCUT2D eigenvalue weighted by molar-refractivity contribution is -0.193. The normalized spacial score (nSPS) is 11.5. The number of hydrogen-bond donors (Lipinski definition) is 7. The van der Waals surface area contributed by atoms with E-state index < -0.39 is 54.5 Å². The third kappa shape index (κ3) is 13.5. The van der Waals surface area contributed by atoms with Gasteiger partial charge in [-0.3, -0.25) is 19.4 Å². The number of carboxylic acids is 3. The van der Waals surface area contributed by atoms with Crippen LogP contribution in [0.25, 0.3) is 10.9 Å². The molecule has 0 saturated carbocycles. The third-order valence-corrected chi connectivity index (χ3v) is 6.35. The van der Waals surface area contributed by atoms with E-state index in [4.69, 9.17) is 45.8 Å². The van der Waals surface area contributed by atoms with Crippen molar-refractivity contribution in [2.45, 2.75) is 58.6 Å². The van der Waals surface area contributed by atoms with E-state index in [9.17, 15) is 40.7 Å². The van der Waals surface area contributed by atoms with E-state index in [-0.39, 0.29) is 12.1 Å². The number of amides is 2. The maximum Gasteiger partial charge on any atom is 0.490 e. The smallest absolute Gasteiger partial charge is 0.490 e. The van der Waals surface area contributed by atoms with Crippen LogP contribution >= 0.6 is 0 Å². The van der Waals surface area contributed by atoms with Gasteiger partial charge in [-0.1, -0.05) is 19.1 Å². The van der Waals surface area contributed by atoms with Gasteiger partial charge in [-0.2, -0.15) is 26.3 Å². The molecule has 0 aliphatic rings. The predicted molar refractivity (Wildman–Crippen MR) is 171 cm³/mol. The summed E-state index contributed by atoms with van der Waals surface area (Å²) in [7, 11) is 0. The molecule has 9 N–H and O–H groups in total. The molecule has 0 bridgehead atoms. The molecular weight excluding hydrogens is 716 g/mol. The predicted octanol–water partition coefficient (Wildman–Crippen LogP) is 4.12. The second-order valence-electron chi connectivity index (χ2n) is 10.0. The number of carbonyl (C=O) groups is 5. The highest BCUT2D eigenvalue weighted by molar-refractivity contribution is 6.08. The molecule has 0 radical (unpaired) electrons. The zero-order chi connectivity index (χ0) is 40.0. The Labute approximate surface area is 290 Å². The number of fused-ring (bicyclic) bond motifs is 1. The molecule has 2 amide bonds. The van der Waals surface area contributed by atoms with Crippen molar-refractivity contribution in [1.29, 1.82) is 0 Å². The molecule has 52 heavy (non-hydrogen) atoms. The molecule has 2 aromatic carbocycles. The summed E-state index contributed by atoms with van der Waals surface area (Å²) in [4.78, 5) is 57.7. The molecule has 1 heterocycles. The quantitative estimate of drug-likeness (QED) is 0.122. The molecule has 1 aromatic heterocycles. The van der Waals surface area contributed by atoms with Crippen LogP contribution in [0.1, 0.15) is 48.7 Å². The fourth-order valence-electron chi connectivity index (χ4n) is 4.12. The van der Waals surface area contributed by atoms with E-state index in [2.05, 4.69) is 15.6 Å². The van der Waals surface area contributed by atoms with Crippen molar-refractivity contribution in [2.75, 3.05) is 18.5 Å². The summed E-state index contributed by atoms with van der Waals surface area (Å²) in [6.07, 6.45) is -8.61. The monoisotopic (exact) mass is 751 g/mol. The molecule has 0 aliphatic carbocycles. The number of nitrogens with zero attached hydrogens (tertiary/aromatic N) is 1. The molecule has 286 valence electrons. The Morgan fingerprint density at radius 2 is 1.40 bits per heavy atom. The Hall–Kier alpha value is -5.86. The summed E-state index contributed by atoms with van der Waals surface area (Å²) in [5.74, 6) is -6.82. The molecule has 3 aromatic rings. The van der Waals surface area contributed by atoms with Gasteiger partial charge in [0.2, 0.25) is 5.91 Å². The number of alkyl halides is 6. The minimum Gasteiger partial charge on any atom is -0.490 e. The lowest BCUT2D eigenvalue weighted by Gasteiger charge is -2.20. The van der Waals surface area contributed by atoms with Gasteiger partial charge in [0.25, 0.3) is 5.91 Å². The lowest BCUT2D eigenvalue weighted by atomic mass is 10.0. The number of carbonyl (C=O) groups excluding carboxylic acids is 2. The zero-order valence-electron chi connectivity index (χ0n) is 27.6.